The first-order valence-corrected chi connectivity index (χ1v) is 12.5. The Morgan fingerprint density at radius 2 is 1.92 bits per heavy atom. The zero-order valence-electron chi connectivity index (χ0n) is 19.4. The van der Waals surface area contributed by atoms with E-state index in [4.69, 9.17) is 22.1 Å². The summed E-state index contributed by atoms with van der Waals surface area (Å²) < 4.78 is 37.9. The fraction of sp³-hybridized carbons (Fsp3) is 0.321. The highest BCUT2D eigenvalue weighted by molar-refractivity contribution is 6.34. The third-order valence-corrected chi connectivity index (χ3v) is 8.22. The van der Waals surface area contributed by atoms with Gasteiger partial charge in [-0.1, -0.05) is 41.9 Å². The van der Waals surface area contributed by atoms with E-state index in [0.717, 1.165) is 24.9 Å². The molecule has 1 unspecified atom stereocenters. The van der Waals surface area contributed by atoms with Crippen LogP contribution in [0.15, 0.2) is 42.5 Å². The molecule has 36 heavy (non-hydrogen) atoms. The molecule has 0 spiro atoms. The molecule has 0 radical (unpaired) electrons. The second kappa shape index (κ2) is 8.54. The predicted molar refractivity (Wildman–Crippen MR) is 132 cm³/mol. The number of ether oxygens (including phenoxy) is 1. The van der Waals surface area contributed by atoms with Crippen LogP contribution in [0, 0.1) is 11.6 Å². The summed E-state index contributed by atoms with van der Waals surface area (Å²) in [6.45, 7) is 0.828. The van der Waals surface area contributed by atoms with Crippen molar-refractivity contribution < 1.29 is 23.4 Å². The lowest BCUT2D eigenvalue weighted by Gasteiger charge is -2.35. The normalized spacial score (nSPS) is 24.4. The first-order chi connectivity index (χ1) is 17.3. The molecule has 2 aliphatic heterocycles. The second-order valence-electron chi connectivity index (χ2n) is 9.81. The molecule has 1 saturated heterocycles. The number of amides is 1. The number of rotatable bonds is 4. The van der Waals surface area contributed by atoms with Crippen molar-refractivity contribution in [2.75, 3.05) is 6.54 Å². The van der Waals surface area contributed by atoms with Crippen LogP contribution in [-0.2, 0) is 18.4 Å². The van der Waals surface area contributed by atoms with E-state index in [1.165, 1.54) is 12.1 Å². The Bertz CT molecular complexity index is 1390. The quantitative estimate of drug-likeness (QED) is 0.464. The fourth-order valence-electron chi connectivity index (χ4n) is 6.16. The monoisotopic (exact) mass is 510 g/mol. The summed E-state index contributed by atoms with van der Waals surface area (Å²) in [6, 6.07) is 12.3. The molecule has 2 heterocycles. The molecule has 3 aliphatic rings. The van der Waals surface area contributed by atoms with Crippen molar-refractivity contribution in [3.8, 4) is 16.9 Å². The summed E-state index contributed by atoms with van der Waals surface area (Å²) in [6.07, 6.45) is 1.85. The predicted octanol–water partition coefficient (Wildman–Crippen LogP) is 4.95. The van der Waals surface area contributed by atoms with Crippen LogP contribution in [-0.4, -0.2) is 23.6 Å². The average molecular weight is 511 g/mol. The van der Waals surface area contributed by atoms with Gasteiger partial charge in [-0.2, -0.15) is 0 Å². The van der Waals surface area contributed by atoms with Crippen molar-refractivity contribution in [1.82, 2.24) is 5.32 Å². The maximum atomic E-state index is 16.1. The Kier molecular flexibility index (Phi) is 5.55. The van der Waals surface area contributed by atoms with Crippen molar-refractivity contribution in [3.05, 3.63) is 86.9 Å². The number of fused-ring (bicyclic) bond motifs is 2. The minimum absolute atomic E-state index is 0.0578. The van der Waals surface area contributed by atoms with E-state index >= 15 is 8.78 Å². The maximum Gasteiger partial charge on any atom is 0.249 e. The largest absolute Gasteiger partial charge is 0.480 e. The van der Waals surface area contributed by atoms with E-state index in [-0.39, 0.29) is 33.5 Å². The lowest BCUT2D eigenvalue weighted by molar-refractivity contribution is 0.0539. The van der Waals surface area contributed by atoms with Gasteiger partial charge in [0.1, 0.15) is 17.4 Å². The van der Waals surface area contributed by atoms with Gasteiger partial charge < -0.3 is 20.9 Å². The van der Waals surface area contributed by atoms with Crippen molar-refractivity contribution in [2.45, 2.75) is 49.9 Å². The Labute approximate surface area is 212 Å². The lowest BCUT2D eigenvalue weighted by atomic mass is 9.80. The zero-order chi connectivity index (χ0) is 25.2. The summed E-state index contributed by atoms with van der Waals surface area (Å²) >= 11 is 6.52. The third kappa shape index (κ3) is 3.37. The molecule has 186 valence electrons. The molecule has 3 atom stereocenters. The van der Waals surface area contributed by atoms with E-state index in [1.807, 2.05) is 30.3 Å². The molecule has 8 heteroatoms. The van der Waals surface area contributed by atoms with Crippen LogP contribution in [0.5, 0.6) is 5.75 Å². The third-order valence-electron chi connectivity index (χ3n) is 7.85. The first-order valence-electron chi connectivity index (χ1n) is 12.1. The number of hydrogen-bond acceptors (Lipinski definition) is 4. The number of primary amides is 1. The minimum Gasteiger partial charge on any atom is -0.480 e. The van der Waals surface area contributed by atoms with Gasteiger partial charge in [-0.3, -0.25) is 4.79 Å². The molecule has 0 aromatic heterocycles. The molecule has 1 amide bonds. The number of aliphatic hydroxyl groups excluding tert-OH is 1. The Hall–Kier alpha value is -3.00. The lowest BCUT2D eigenvalue weighted by Crippen LogP contribution is -2.48. The summed E-state index contributed by atoms with van der Waals surface area (Å²) in [5, 5.41) is 13.5. The molecule has 3 aromatic carbocycles. The number of hydrogen-bond donors (Lipinski definition) is 3. The standard InChI is InChI=1S/C28H25ClF2N2O3/c29-25-19(30)12-21-18(13-28(36-21,22-7-4-10-33-22)14-5-2-1-3-6-14)23(25)24-17(27(32)35)11-16-15(26(24)31)8-9-20(16)34/h1-3,5-6,11-12,20,22,33-34H,4,7-10,13H2,(H2,32,35)/t20?,22-,28-/m0/s1. The Balaban J connectivity index is 1.61. The van der Waals surface area contributed by atoms with Gasteiger partial charge in [-0.05, 0) is 55.0 Å². The minimum atomic E-state index is -0.891. The molecule has 3 aromatic rings. The van der Waals surface area contributed by atoms with E-state index in [0.29, 0.717) is 36.0 Å². The van der Waals surface area contributed by atoms with Gasteiger partial charge in [0.05, 0.1) is 22.7 Å². The van der Waals surface area contributed by atoms with Crippen LogP contribution in [0.1, 0.15) is 58.0 Å². The molecule has 6 rings (SSSR count). The fourth-order valence-corrected chi connectivity index (χ4v) is 6.42. The summed E-state index contributed by atoms with van der Waals surface area (Å²) in [5.74, 6) is -2.10. The van der Waals surface area contributed by atoms with E-state index in [2.05, 4.69) is 5.32 Å². The maximum absolute atomic E-state index is 16.1. The van der Waals surface area contributed by atoms with Crippen LogP contribution in [0.4, 0.5) is 8.78 Å². The second-order valence-corrected chi connectivity index (χ2v) is 10.2. The summed E-state index contributed by atoms with van der Waals surface area (Å²) in [7, 11) is 0. The molecular weight excluding hydrogens is 486 g/mol. The summed E-state index contributed by atoms with van der Waals surface area (Å²) in [4.78, 5) is 12.5. The molecule has 1 fully saturated rings. The van der Waals surface area contributed by atoms with Gasteiger partial charge in [0, 0.05) is 29.2 Å². The molecular formula is C28H25ClF2N2O3. The Morgan fingerprint density at radius 1 is 1.14 bits per heavy atom. The van der Waals surface area contributed by atoms with Crippen LogP contribution in [0.25, 0.3) is 11.1 Å². The number of halogens is 3. The van der Waals surface area contributed by atoms with Crippen LogP contribution < -0.4 is 15.8 Å². The number of nitrogens with one attached hydrogen (secondary N) is 1. The van der Waals surface area contributed by atoms with E-state index in [9.17, 15) is 9.90 Å². The van der Waals surface area contributed by atoms with E-state index in [1.54, 1.807) is 0 Å². The molecule has 0 saturated carbocycles. The van der Waals surface area contributed by atoms with Crippen molar-refractivity contribution in [2.24, 2.45) is 5.73 Å². The summed E-state index contributed by atoms with van der Waals surface area (Å²) in [5.41, 5.74) is 6.68. The smallest absolute Gasteiger partial charge is 0.249 e. The number of aliphatic hydroxyl groups is 1. The highest BCUT2D eigenvalue weighted by atomic mass is 35.5. The first kappa shape index (κ1) is 23.4. The zero-order valence-corrected chi connectivity index (χ0v) is 20.2. The molecule has 0 bridgehead atoms. The van der Waals surface area contributed by atoms with Crippen molar-refractivity contribution in [1.29, 1.82) is 0 Å². The van der Waals surface area contributed by atoms with Gasteiger partial charge in [-0.15, -0.1) is 0 Å². The van der Waals surface area contributed by atoms with Crippen molar-refractivity contribution >= 4 is 17.5 Å². The van der Waals surface area contributed by atoms with Crippen LogP contribution >= 0.6 is 11.6 Å². The van der Waals surface area contributed by atoms with Crippen LogP contribution in [0.2, 0.25) is 5.02 Å². The van der Waals surface area contributed by atoms with Crippen molar-refractivity contribution in [3.63, 3.8) is 0 Å². The van der Waals surface area contributed by atoms with Gasteiger partial charge in [0.15, 0.2) is 5.60 Å². The number of benzene rings is 3. The van der Waals surface area contributed by atoms with Gasteiger partial charge >= 0.3 is 0 Å². The molecule has 1 aliphatic carbocycles. The topological polar surface area (TPSA) is 84.6 Å². The van der Waals surface area contributed by atoms with Crippen LogP contribution in [0.3, 0.4) is 0 Å². The highest BCUT2D eigenvalue weighted by Crippen LogP contribution is 2.53. The number of nitrogens with two attached hydrogens (primary N) is 1. The highest BCUT2D eigenvalue weighted by Gasteiger charge is 2.50. The number of carbonyl (C=O) groups is 1. The molecule has 5 nitrogen and oxygen atoms in total. The van der Waals surface area contributed by atoms with Gasteiger partial charge in [-0.25, -0.2) is 8.78 Å². The number of carbonyl (C=O) groups excluding carboxylic acids is 1. The van der Waals surface area contributed by atoms with E-state index < -0.39 is 29.2 Å². The Morgan fingerprint density at radius 3 is 2.61 bits per heavy atom. The van der Waals surface area contributed by atoms with Gasteiger partial charge in [0.2, 0.25) is 5.91 Å². The SMILES string of the molecule is NC(=O)c1cc2c(c(F)c1-c1c(Cl)c(F)cc3c1C[C@](c1ccccc1)([C@@H]1CCCN1)O3)CCC2O. The average Bonchev–Trinajstić information content (AvgIpc) is 3.61. The molecule has 4 N–H and O–H groups in total. The van der Waals surface area contributed by atoms with Gasteiger partial charge in [0.25, 0.3) is 0 Å².